The van der Waals surface area contributed by atoms with Crippen LogP contribution in [0.2, 0.25) is 0 Å². The van der Waals surface area contributed by atoms with E-state index in [1.807, 2.05) is 43.4 Å². The van der Waals surface area contributed by atoms with Crippen LogP contribution in [0.3, 0.4) is 0 Å². The molecule has 1 aromatic rings. The number of allylic oxidation sites excluding steroid dienone is 11. The first-order valence-electron chi connectivity index (χ1n) is 10.1. The van der Waals surface area contributed by atoms with Gasteiger partial charge >= 0.3 is 0 Å². The Bertz CT molecular complexity index is 1010. The van der Waals surface area contributed by atoms with Crippen LogP contribution in [-0.2, 0) is 9.53 Å². The van der Waals surface area contributed by atoms with E-state index in [-0.39, 0.29) is 11.5 Å². The van der Waals surface area contributed by atoms with Crippen LogP contribution in [0.4, 0.5) is 5.69 Å². The fourth-order valence-electron chi connectivity index (χ4n) is 3.30. The minimum atomic E-state index is -0.373. The summed E-state index contributed by atoms with van der Waals surface area (Å²) in [6.07, 6.45) is 16.1. The van der Waals surface area contributed by atoms with Crippen LogP contribution in [0.25, 0.3) is 6.08 Å². The fraction of sp³-hybridized carbons (Fsp3) is 0.192. The summed E-state index contributed by atoms with van der Waals surface area (Å²) in [6, 6.07) is 8.46. The number of ether oxygens (including phenoxy) is 1. The second kappa shape index (κ2) is 9.79. The van der Waals surface area contributed by atoms with Crippen molar-refractivity contribution in [2.24, 2.45) is 0 Å². The molecular formula is C26H27NO3. The van der Waals surface area contributed by atoms with Crippen molar-refractivity contribution < 1.29 is 14.6 Å². The van der Waals surface area contributed by atoms with E-state index in [2.05, 4.69) is 43.0 Å². The molecule has 0 unspecified atom stereocenters. The summed E-state index contributed by atoms with van der Waals surface area (Å²) in [5.41, 5.74) is 4.06. The van der Waals surface area contributed by atoms with Crippen LogP contribution < -0.4 is 4.90 Å². The van der Waals surface area contributed by atoms with Gasteiger partial charge in [0.25, 0.3) is 0 Å². The molecule has 0 bridgehead atoms. The van der Waals surface area contributed by atoms with E-state index >= 15 is 0 Å². The van der Waals surface area contributed by atoms with Crippen LogP contribution in [0, 0.1) is 0 Å². The molecule has 0 saturated heterocycles. The Morgan fingerprint density at radius 2 is 1.77 bits per heavy atom. The maximum atomic E-state index is 11.3. The quantitative estimate of drug-likeness (QED) is 0.655. The first kappa shape index (κ1) is 21.2. The third kappa shape index (κ3) is 5.51. The van der Waals surface area contributed by atoms with Crippen molar-refractivity contribution in [3.63, 3.8) is 0 Å². The van der Waals surface area contributed by atoms with Crippen molar-refractivity contribution in [1.29, 1.82) is 0 Å². The number of rotatable bonds is 6. The second-order valence-corrected chi connectivity index (χ2v) is 7.06. The first-order valence-corrected chi connectivity index (χ1v) is 10.1. The summed E-state index contributed by atoms with van der Waals surface area (Å²) in [7, 11) is 0. The third-order valence-electron chi connectivity index (χ3n) is 4.85. The van der Waals surface area contributed by atoms with E-state index in [1.165, 1.54) is 17.8 Å². The van der Waals surface area contributed by atoms with E-state index < -0.39 is 0 Å². The molecule has 4 heteroatoms. The summed E-state index contributed by atoms with van der Waals surface area (Å²) >= 11 is 0. The highest BCUT2D eigenvalue weighted by Gasteiger charge is 2.09. The third-order valence-corrected chi connectivity index (χ3v) is 4.85. The molecule has 4 nitrogen and oxygen atoms in total. The summed E-state index contributed by atoms with van der Waals surface area (Å²) in [5.74, 6) is 0.979. The van der Waals surface area contributed by atoms with Crippen molar-refractivity contribution in [2.75, 3.05) is 18.0 Å². The minimum absolute atomic E-state index is 0.240. The number of hydrogen-bond donors (Lipinski definition) is 1. The van der Waals surface area contributed by atoms with Gasteiger partial charge in [0.05, 0.1) is 0 Å². The number of benzene rings is 1. The van der Waals surface area contributed by atoms with Crippen molar-refractivity contribution >= 4 is 17.5 Å². The number of carbonyl (C=O) groups is 1. The molecule has 1 heterocycles. The first-order chi connectivity index (χ1) is 14.5. The van der Waals surface area contributed by atoms with Gasteiger partial charge in [0.15, 0.2) is 5.76 Å². The Hall–Kier alpha value is -3.53. The number of aliphatic hydroxyl groups excluding tert-OH is 1. The standard InChI is InChI=1S/C26H27NO3/c1-4-27(5-2)23-12-9-21(10-13-23)16-24-17-22(15-19(3)30-24)8-6-7-20-11-14-25(28)26(29)18-20/h6-18,29H,4-5H2,1-3H3. The smallest absolute Gasteiger partial charge is 0.220 e. The zero-order valence-corrected chi connectivity index (χ0v) is 17.6. The lowest BCUT2D eigenvalue weighted by Crippen LogP contribution is -2.21. The number of anilines is 1. The molecule has 1 aliphatic heterocycles. The predicted octanol–water partition coefficient (Wildman–Crippen LogP) is 5.80. The topological polar surface area (TPSA) is 49.8 Å². The summed E-state index contributed by atoms with van der Waals surface area (Å²) in [4.78, 5) is 13.6. The van der Waals surface area contributed by atoms with E-state index in [0.29, 0.717) is 0 Å². The maximum Gasteiger partial charge on any atom is 0.220 e. The van der Waals surface area contributed by atoms with Gasteiger partial charge in [-0.1, -0.05) is 36.4 Å². The second-order valence-electron chi connectivity index (χ2n) is 7.06. The Morgan fingerprint density at radius 3 is 2.43 bits per heavy atom. The SMILES string of the molecule is CCN(CC)c1ccc(C=C2C=C(C=CC=C3C=CC(=O)C(O)=C3)C=C(C)O2)cc1. The highest BCUT2D eigenvalue weighted by Crippen LogP contribution is 2.23. The van der Waals surface area contributed by atoms with Crippen LogP contribution in [0.15, 0.2) is 101 Å². The van der Waals surface area contributed by atoms with Crippen LogP contribution in [-0.4, -0.2) is 24.0 Å². The Morgan fingerprint density at radius 1 is 1.03 bits per heavy atom. The van der Waals surface area contributed by atoms with Crippen molar-refractivity contribution in [1.82, 2.24) is 0 Å². The van der Waals surface area contributed by atoms with E-state index in [0.717, 1.165) is 41.3 Å². The molecule has 3 rings (SSSR count). The lowest BCUT2D eigenvalue weighted by Gasteiger charge is -2.21. The molecule has 0 aromatic heterocycles. The van der Waals surface area contributed by atoms with Gasteiger partial charge in [-0.3, -0.25) is 4.79 Å². The predicted molar refractivity (Wildman–Crippen MR) is 123 cm³/mol. The molecule has 0 radical (unpaired) electrons. The maximum absolute atomic E-state index is 11.3. The molecule has 0 spiro atoms. The Kier molecular flexibility index (Phi) is 6.91. The zero-order valence-electron chi connectivity index (χ0n) is 17.6. The molecule has 0 fully saturated rings. The van der Waals surface area contributed by atoms with Crippen LogP contribution in [0.1, 0.15) is 26.3 Å². The normalized spacial score (nSPS) is 19.0. The molecule has 1 aromatic carbocycles. The summed E-state index contributed by atoms with van der Waals surface area (Å²) < 4.78 is 5.86. The van der Waals surface area contributed by atoms with Gasteiger partial charge in [0, 0.05) is 18.8 Å². The van der Waals surface area contributed by atoms with Gasteiger partial charge in [-0.15, -0.1) is 0 Å². The Labute approximate surface area is 178 Å². The van der Waals surface area contributed by atoms with Gasteiger partial charge in [-0.2, -0.15) is 0 Å². The van der Waals surface area contributed by atoms with Gasteiger partial charge in [0.2, 0.25) is 5.78 Å². The minimum Gasteiger partial charge on any atom is -0.504 e. The van der Waals surface area contributed by atoms with E-state index in [1.54, 1.807) is 6.08 Å². The number of ketones is 1. The van der Waals surface area contributed by atoms with Gasteiger partial charge in [-0.05, 0) is 80.0 Å². The van der Waals surface area contributed by atoms with Crippen LogP contribution >= 0.6 is 0 Å². The molecule has 2 aliphatic rings. The molecule has 0 atom stereocenters. The molecule has 30 heavy (non-hydrogen) atoms. The molecular weight excluding hydrogens is 374 g/mol. The van der Waals surface area contributed by atoms with Gasteiger partial charge < -0.3 is 14.7 Å². The molecule has 0 saturated carbocycles. The van der Waals surface area contributed by atoms with Crippen molar-refractivity contribution in [2.45, 2.75) is 20.8 Å². The van der Waals surface area contributed by atoms with E-state index in [4.69, 9.17) is 4.74 Å². The number of hydrogen-bond acceptors (Lipinski definition) is 4. The average Bonchev–Trinajstić information content (AvgIpc) is 2.72. The van der Waals surface area contributed by atoms with Gasteiger partial charge in [-0.25, -0.2) is 0 Å². The number of aliphatic hydroxyl groups is 1. The lowest BCUT2D eigenvalue weighted by molar-refractivity contribution is -0.113. The van der Waals surface area contributed by atoms with E-state index in [9.17, 15) is 9.90 Å². The highest BCUT2D eigenvalue weighted by atomic mass is 16.5. The fourth-order valence-corrected chi connectivity index (χ4v) is 3.30. The lowest BCUT2D eigenvalue weighted by atomic mass is 10.1. The zero-order chi connectivity index (χ0) is 21.5. The largest absolute Gasteiger partial charge is 0.504 e. The number of carbonyl (C=O) groups excluding carboxylic acids is 1. The summed E-state index contributed by atoms with van der Waals surface area (Å²) in [5, 5.41) is 9.53. The molecule has 1 aliphatic carbocycles. The summed E-state index contributed by atoms with van der Waals surface area (Å²) in [6.45, 7) is 8.21. The highest BCUT2D eigenvalue weighted by molar-refractivity contribution is 6.04. The van der Waals surface area contributed by atoms with Crippen LogP contribution in [0.5, 0.6) is 0 Å². The van der Waals surface area contributed by atoms with Crippen molar-refractivity contribution in [3.8, 4) is 0 Å². The monoisotopic (exact) mass is 401 g/mol. The van der Waals surface area contributed by atoms with Gasteiger partial charge in [0.1, 0.15) is 11.5 Å². The molecule has 0 amide bonds. The van der Waals surface area contributed by atoms with Crippen molar-refractivity contribution in [3.05, 3.63) is 107 Å². The molecule has 1 N–H and O–H groups in total. The molecule has 154 valence electrons. The Balaban J connectivity index is 1.75. The average molecular weight is 402 g/mol. The number of nitrogens with zero attached hydrogens (tertiary/aromatic N) is 1.